The molecule has 3 rings (SSSR count). The van der Waals surface area contributed by atoms with E-state index in [4.69, 9.17) is 5.73 Å². The second-order valence-electron chi connectivity index (χ2n) is 6.20. The molecule has 1 aromatic carbocycles. The lowest BCUT2D eigenvalue weighted by molar-refractivity contribution is 0.268. The van der Waals surface area contributed by atoms with Crippen LogP contribution in [0.3, 0.4) is 0 Å². The predicted octanol–water partition coefficient (Wildman–Crippen LogP) is 3.05. The quantitative estimate of drug-likeness (QED) is 0.903. The Hall–Kier alpha value is -0.860. The van der Waals surface area contributed by atoms with Crippen molar-refractivity contribution in [3.05, 3.63) is 34.9 Å². The van der Waals surface area contributed by atoms with Gasteiger partial charge in [0.2, 0.25) is 0 Å². The molecule has 0 bridgehead atoms. The molecule has 0 saturated carbocycles. The molecule has 1 aromatic rings. The summed E-state index contributed by atoms with van der Waals surface area (Å²) in [6, 6.07) is 7.11. The van der Waals surface area contributed by atoms with Crippen molar-refractivity contribution in [2.45, 2.75) is 51.0 Å². The molecule has 1 aliphatic carbocycles. The molecule has 1 saturated heterocycles. The van der Waals surface area contributed by atoms with E-state index >= 15 is 0 Å². The van der Waals surface area contributed by atoms with E-state index < -0.39 is 0 Å². The number of fused-ring (bicyclic) bond motifs is 1. The zero-order chi connectivity index (χ0) is 13.1. The van der Waals surface area contributed by atoms with Gasteiger partial charge in [-0.2, -0.15) is 0 Å². The van der Waals surface area contributed by atoms with Crippen LogP contribution in [0.25, 0.3) is 0 Å². The Morgan fingerprint density at radius 1 is 0.947 bits per heavy atom. The van der Waals surface area contributed by atoms with Gasteiger partial charge in [-0.1, -0.05) is 31.0 Å². The zero-order valence-corrected chi connectivity index (χ0v) is 11.9. The van der Waals surface area contributed by atoms with Crippen LogP contribution in [0, 0.1) is 0 Å². The van der Waals surface area contributed by atoms with Crippen molar-refractivity contribution in [2.75, 3.05) is 19.6 Å². The maximum Gasteiger partial charge on any atom is 0.0424 e. The van der Waals surface area contributed by atoms with Crippen LogP contribution in [0.2, 0.25) is 0 Å². The molecule has 2 aliphatic rings. The van der Waals surface area contributed by atoms with Crippen molar-refractivity contribution < 1.29 is 0 Å². The number of nitrogens with zero attached hydrogens (tertiary/aromatic N) is 1. The third-order valence-electron chi connectivity index (χ3n) is 4.70. The van der Waals surface area contributed by atoms with E-state index in [9.17, 15) is 0 Å². The number of hydrogen-bond acceptors (Lipinski definition) is 2. The van der Waals surface area contributed by atoms with Gasteiger partial charge >= 0.3 is 0 Å². The Morgan fingerprint density at radius 3 is 2.47 bits per heavy atom. The molecule has 2 nitrogen and oxygen atoms in total. The second-order valence-corrected chi connectivity index (χ2v) is 6.20. The first kappa shape index (κ1) is 13.1. The molecule has 0 spiro atoms. The molecule has 1 aliphatic heterocycles. The normalized spacial score (nSPS) is 21.9. The lowest BCUT2D eigenvalue weighted by atomic mass is 10.0. The Labute approximate surface area is 117 Å². The van der Waals surface area contributed by atoms with E-state index in [-0.39, 0.29) is 6.04 Å². The number of aryl methyl sites for hydroxylation is 2. The molecule has 1 unspecified atom stereocenters. The first-order valence-corrected chi connectivity index (χ1v) is 7.92. The number of hydrogen-bond donors (Lipinski definition) is 1. The Balaban J connectivity index is 1.64. The lowest BCUT2D eigenvalue weighted by Gasteiger charge is -2.24. The second kappa shape index (κ2) is 6.06. The third-order valence-corrected chi connectivity index (χ3v) is 4.70. The van der Waals surface area contributed by atoms with E-state index in [1.165, 1.54) is 63.6 Å². The van der Waals surface area contributed by atoms with E-state index in [0.29, 0.717) is 0 Å². The van der Waals surface area contributed by atoms with Crippen molar-refractivity contribution in [1.29, 1.82) is 0 Å². The summed E-state index contributed by atoms with van der Waals surface area (Å²) in [5, 5.41) is 0. The summed E-state index contributed by atoms with van der Waals surface area (Å²) in [5.74, 6) is 0. The predicted molar refractivity (Wildman–Crippen MR) is 80.3 cm³/mol. The first-order valence-electron chi connectivity index (χ1n) is 7.92. The Kier molecular flexibility index (Phi) is 4.19. The highest BCUT2D eigenvalue weighted by atomic mass is 15.1. The van der Waals surface area contributed by atoms with Gasteiger partial charge in [0, 0.05) is 12.6 Å². The molecule has 0 aromatic heterocycles. The van der Waals surface area contributed by atoms with Crippen LogP contribution in [0.4, 0.5) is 0 Å². The molecule has 2 N–H and O–H groups in total. The number of rotatable bonds is 3. The van der Waals surface area contributed by atoms with Gasteiger partial charge < -0.3 is 10.6 Å². The lowest BCUT2D eigenvalue weighted by Crippen LogP contribution is -2.33. The van der Waals surface area contributed by atoms with Gasteiger partial charge in [0.25, 0.3) is 0 Å². The Morgan fingerprint density at radius 2 is 1.68 bits per heavy atom. The van der Waals surface area contributed by atoms with Crippen LogP contribution >= 0.6 is 0 Å². The highest BCUT2D eigenvalue weighted by Crippen LogP contribution is 2.25. The van der Waals surface area contributed by atoms with Gasteiger partial charge in [-0.25, -0.2) is 0 Å². The fourth-order valence-corrected chi connectivity index (χ4v) is 3.52. The Bertz CT molecular complexity index is 419. The number of likely N-dealkylation sites (tertiary alicyclic amines) is 1. The number of nitrogens with two attached hydrogens (primary N) is 1. The van der Waals surface area contributed by atoms with Crippen molar-refractivity contribution in [1.82, 2.24) is 4.90 Å². The minimum Gasteiger partial charge on any atom is -0.323 e. The summed E-state index contributed by atoms with van der Waals surface area (Å²) in [6.45, 7) is 3.50. The standard InChI is InChI=1S/C17H26N2/c18-17(13-19-10-3-1-2-4-11-19)16-9-8-14-6-5-7-15(14)12-16/h8-9,12,17H,1-7,10-11,13,18H2. The largest absolute Gasteiger partial charge is 0.323 e. The topological polar surface area (TPSA) is 29.3 Å². The molecule has 0 amide bonds. The van der Waals surface area contributed by atoms with Crippen LogP contribution in [0.1, 0.15) is 54.8 Å². The van der Waals surface area contributed by atoms with Crippen molar-refractivity contribution >= 4 is 0 Å². The van der Waals surface area contributed by atoms with Crippen LogP contribution in [0.5, 0.6) is 0 Å². The van der Waals surface area contributed by atoms with Crippen LogP contribution in [-0.4, -0.2) is 24.5 Å². The summed E-state index contributed by atoms with van der Waals surface area (Å²) in [5.41, 5.74) is 10.9. The van der Waals surface area contributed by atoms with Gasteiger partial charge in [0.15, 0.2) is 0 Å². The third kappa shape index (κ3) is 3.18. The van der Waals surface area contributed by atoms with E-state index in [2.05, 4.69) is 23.1 Å². The van der Waals surface area contributed by atoms with Gasteiger partial charge in [-0.3, -0.25) is 0 Å². The summed E-state index contributed by atoms with van der Waals surface area (Å²) < 4.78 is 0. The molecule has 1 atom stereocenters. The molecule has 2 heteroatoms. The summed E-state index contributed by atoms with van der Waals surface area (Å²) in [4.78, 5) is 2.56. The zero-order valence-electron chi connectivity index (χ0n) is 11.9. The van der Waals surface area contributed by atoms with Gasteiger partial charge in [-0.15, -0.1) is 0 Å². The van der Waals surface area contributed by atoms with E-state index in [1.54, 1.807) is 11.1 Å². The fourth-order valence-electron chi connectivity index (χ4n) is 3.52. The van der Waals surface area contributed by atoms with Gasteiger partial charge in [0.05, 0.1) is 0 Å². The van der Waals surface area contributed by atoms with Crippen LogP contribution in [-0.2, 0) is 12.8 Å². The fraction of sp³-hybridized carbons (Fsp3) is 0.647. The van der Waals surface area contributed by atoms with E-state index in [0.717, 1.165) is 6.54 Å². The average Bonchev–Trinajstić information content (AvgIpc) is 2.75. The van der Waals surface area contributed by atoms with Gasteiger partial charge in [0.1, 0.15) is 0 Å². The maximum atomic E-state index is 6.43. The minimum absolute atomic E-state index is 0.184. The van der Waals surface area contributed by atoms with E-state index in [1.807, 2.05) is 0 Å². The molecule has 1 fully saturated rings. The first-order chi connectivity index (χ1) is 9.33. The maximum absolute atomic E-state index is 6.43. The van der Waals surface area contributed by atoms with Crippen LogP contribution < -0.4 is 5.73 Å². The van der Waals surface area contributed by atoms with Gasteiger partial charge in [-0.05, 0) is 61.9 Å². The molecule has 104 valence electrons. The molecular formula is C17H26N2. The van der Waals surface area contributed by atoms with Crippen LogP contribution in [0.15, 0.2) is 18.2 Å². The average molecular weight is 258 g/mol. The molecule has 19 heavy (non-hydrogen) atoms. The summed E-state index contributed by atoms with van der Waals surface area (Å²) >= 11 is 0. The molecule has 1 heterocycles. The van der Waals surface area contributed by atoms with Crippen molar-refractivity contribution in [3.63, 3.8) is 0 Å². The monoisotopic (exact) mass is 258 g/mol. The molecule has 0 radical (unpaired) electrons. The van der Waals surface area contributed by atoms with Crippen molar-refractivity contribution in [2.24, 2.45) is 5.73 Å². The highest BCUT2D eigenvalue weighted by molar-refractivity contribution is 5.36. The molecular weight excluding hydrogens is 232 g/mol. The highest BCUT2D eigenvalue weighted by Gasteiger charge is 2.17. The van der Waals surface area contributed by atoms with Crippen molar-refractivity contribution in [3.8, 4) is 0 Å². The SMILES string of the molecule is NC(CN1CCCCCC1)c1ccc2c(c1)CCC2. The smallest absolute Gasteiger partial charge is 0.0424 e. The summed E-state index contributed by atoms with van der Waals surface area (Å²) in [6.07, 6.45) is 9.31. The number of benzene rings is 1. The minimum atomic E-state index is 0.184. The summed E-state index contributed by atoms with van der Waals surface area (Å²) in [7, 11) is 0.